The number of carbonyl (C=O) groups is 1. The first kappa shape index (κ1) is 13.7. The van der Waals surface area contributed by atoms with Gasteiger partial charge in [0, 0.05) is 10.7 Å². The van der Waals surface area contributed by atoms with Crippen LogP contribution < -0.4 is 10.1 Å². The molecule has 2 aromatic rings. The van der Waals surface area contributed by atoms with Crippen molar-refractivity contribution >= 4 is 34.8 Å². The monoisotopic (exact) mass is 295 g/mol. The summed E-state index contributed by atoms with van der Waals surface area (Å²) < 4.78 is 5.14. The van der Waals surface area contributed by atoms with Crippen molar-refractivity contribution in [1.29, 1.82) is 0 Å². The molecule has 0 aromatic heterocycles. The van der Waals surface area contributed by atoms with Crippen molar-refractivity contribution in [2.75, 3.05) is 12.4 Å². The van der Waals surface area contributed by atoms with Gasteiger partial charge in [0.25, 0.3) is 5.91 Å². The number of benzene rings is 2. The molecule has 0 saturated heterocycles. The lowest BCUT2D eigenvalue weighted by Crippen LogP contribution is -2.13. The number of hydrogen-bond donors (Lipinski definition) is 1. The summed E-state index contributed by atoms with van der Waals surface area (Å²) in [5.41, 5.74) is 0.981. The number of amides is 1. The van der Waals surface area contributed by atoms with Crippen molar-refractivity contribution in [2.45, 2.75) is 0 Å². The van der Waals surface area contributed by atoms with Crippen LogP contribution in [0.5, 0.6) is 5.75 Å². The van der Waals surface area contributed by atoms with Gasteiger partial charge in [-0.05, 0) is 24.3 Å². The predicted octanol–water partition coefficient (Wildman–Crippen LogP) is 4.25. The Morgan fingerprint density at radius 1 is 1.16 bits per heavy atom. The maximum atomic E-state index is 12.2. The van der Waals surface area contributed by atoms with Crippen LogP contribution in [0, 0.1) is 0 Å². The highest BCUT2D eigenvalue weighted by Gasteiger charge is 2.16. The van der Waals surface area contributed by atoms with Gasteiger partial charge in [-0.15, -0.1) is 0 Å². The highest BCUT2D eigenvalue weighted by molar-refractivity contribution is 6.36. The van der Waals surface area contributed by atoms with Crippen LogP contribution in [0.4, 0.5) is 5.69 Å². The van der Waals surface area contributed by atoms with Gasteiger partial charge in [-0.1, -0.05) is 41.4 Å². The fourth-order valence-corrected chi connectivity index (χ4v) is 2.23. The van der Waals surface area contributed by atoms with Crippen LogP contribution in [-0.2, 0) is 0 Å². The fourth-order valence-electron chi connectivity index (χ4n) is 1.66. The molecule has 98 valence electrons. The molecule has 0 spiro atoms. The van der Waals surface area contributed by atoms with Crippen molar-refractivity contribution < 1.29 is 9.53 Å². The maximum Gasteiger partial charge on any atom is 0.259 e. The van der Waals surface area contributed by atoms with E-state index in [-0.39, 0.29) is 5.91 Å². The first-order valence-corrected chi connectivity index (χ1v) is 6.27. The van der Waals surface area contributed by atoms with Crippen molar-refractivity contribution in [3.8, 4) is 5.75 Å². The van der Waals surface area contributed by atoms with E-state index < -0.39 is 0 Å². The minimum atomic E-state index is -0.326. The largest absolute Gasteiger partial charge is 0.494 e. The second kappa shape index (κ2) is 5.95. The molecule has 0 atom stereocenters. The molecule has 5 heteroatoms. The van der Waals surface area contributed by atoms with Crippen LogP contribution in [0.15, 0.2) is 42.5 Å². The van der Waals surface area contributed by atoms with Gasteiger partial charge in [-0.25, -0.2) is 0 Å². The van der Waals surface area contributed by atoms with E-state index in [1.165, 1.54) is 19.2 Å². The van der Waals surface area contributed by atoms with E-state index in [9.17, 15) is 4.79 Å². The zero-order valence-corrected chi connectivity index (χ0v) is 11.6. The Labute approximate surface area is 121 Å². The van der Waals surface area contributed by atoms with E-state index >= 15 is 0 Å². The van der Waals surface area contributed by atoms with E-state index in [0.717, 1.165) is 0 Å². The third-order valence-corrected chi connectivity index (χ3v) is 2.99. The number of rotatable bonds is 3. The van der Waals surface area contributed by atoms with Gasteiger partial charge >= 0.3 is 0 Å². The molecule has 1 N–H and O–H groups in total. The van der Waals surface area contributed by atoms with E-state index in [4.69, 9.17) is 27.9 Å². The Kier molecular flexibility index (Phi) is 4.30. The summed E-state index contributed by atoms with van der Waals surface area (Å²) in [7, 11) is 1.45. The smallest absolute Gasteiger partial charge is 0.259 e. The number of anilines is 1. The molecule has 19 heavy (non-hydrogen) atoms. The summed E-state index contributed by atoms with van der Waals surface area (Å²) >= 11 is 11.9. The molecule has 0 aliphatic carbocycles. The summed E-state index contributed by atoms with van der Waals surface area (Å²) in [6.45, 7) is 0. The Hall–Kier alpha value is -1.71. The SMILES string of the molecule is COc1c(Cl)cc(Cl)cc1C(=O)Nc1ccccc1. The minimum absolute atomic E-state index is 0.295. The predicted molar refractivity (Wildman–Crippen MR) is 77.4 cm³/mol. The van der Waals surface area contributed by atoms with E-state index in [1.54, 1.807) is 12.1 Å². The number of carbonyl (C=O) groups excluding carboxylic acids is 1. The third kappa shape index (κ3) is 3.19. The second-order valence-corrected chi connectivity index (χ2v) is 4.63. The van der Waals surface area contributed by atoms with E-state index in [2.05, 4.69) is 5.32 Å². The van der Waals surface area contributed by atoms with Crippen LogP contribution in [0.2, 0.25) is 10.0 Å². The van der Waals surface area contributed by atoms with Crippen LogP contribution in [-0.4, -0.2) is 13.0 Å². The number of nitrogens with one attached hydrogen (secondary N) is 1. The summed E-state index contributed by atoms with van der Waals surface area (Å²) in [6, 6.07) is 12.2. The van der Waals surface area contributed by atoms with Gasteiger partial charge in [0.2, 0.25) is 0 Å². The van der Waals surface area contributed by atoms with E-state index in [0.29, 0.717) is 27.0 Å². The van der Waals surface area contributed by atoms with Gasteiger partial charge in [0.1, 0.15) is 5.75 Å². The number of methoxy groups -OCH3 is 1. The maximum absolute atomic E-state index is 12.2. The van der Waals surface area contributed by atoms with Crippen LogP contribution in [0.1, 0.15) is 10.4 Å². The highest BCUT2D eigenvalue weighted by Crippen LogP contribution is 2.32. The third-order valence-electron chi connectivity index (χ3n) is 2.49. The quantitative estimate of drug-likeness (QED) is 0.919. The first-order valence-electron chi connectivity index (χ1n) is 5.51. The summed E-state index contributed by atoms with van der Waals surface area (Å²) in [5.74, 6) is -0.0213. The zero-order valence-electron chi connectivity index (χ0n) is 10.1. The molecule has 0 fully saturated rings. The molecule has 1 amide bonds. The van der Waals surface area contributed by atoms with Crippen molar-refractivity contribution in [2.24, 2.45) is 0 Å². The average molecular weight is 296 g/mol. The van der Waals surface area contributed by atoms with Gasteiger partial charge in [0.05, 0.1) is 17.7 Å². The van der Waals surface area contributed by atoms with Gasteiger partial charge < -0.3 is 10.1 Å². The molecule has 3 nitrogen and oxygen atoms in total. The molecule has 0 unspecified atom stereocenters. The fraction of sp³-hybridized carbons (Fsp3) is 0.0714. The highest BCUT2D eigenvalue weighted by atomic mass is 35.5. The molecule has 0 bridgehead atoms. The zero-order chi connectivity index (χ0) is 13.8. The van der Waals surface area contributed by atoms with Crippen LogP contribution >= 0.6 is 23.2 Å². The molecule has 0 saturated carbocycles. The number of hydrogen-bond acceptors (Lipinski definition) is 2. The minimum Gasteiger partial charge on any atom is -0.494 e. The molecule has 0 aliphatic heterocycles. The lowest BCUT2D eigenvalue weighted by Gasteiger charge is -2.11. The molecular weight excluding hydrogens is 285 g/mol. The Bertz CT molecular complexity index is 600. The molecule has 0 aliphatic rings. The normalized spacial score (nSPS) is 10.1. The lowest BCUT2D eigenvalue weighted by molar-refractivity contribution is 0.102. The van der Waals surface area contributed by atoms with Crippen molar-refractivity contribution in [3.05, 3.63) is 58.1 Å². The Morgan fingerprint density at radius 2 is 1.84 bits per heavy atom. The first-order chi connectivity index (χ1) is 9.11. The lowest BCUT2D eigenvalue weighted by atomic mass is 10.1. The molecule has 2 rings (SSSR count). The number of ether oxygens (including phenoxy) is 1. The summed E-state index contributed by atoms with van der Waals surface area (Å²) in [6.07, 6.45) is 0. The molecule has 0 heterocycles. The Balaban J connectivity index is 2.33. The topological polar surface area (TPSA) is 38.3 Å². The van der Waals surface area contributed by atoms with Crippen LogP contribution in [0.3, 0.4) is 0 Å². The molecule has 0 radical (unpaired) electrons. The second-order valence-electron chi connectivity index (χ2n) is 3.79. The van der Waals surface area contributed by atoms with Gasteiger partial charge in [0.15, 0.2) is 0 Å². The van der Waals surface area contributed by atoms with Gasteiger partial charge in [-0.2, -0.15) is 0 Å². The summed E-state index contributed by atoms with van der Waals surface area (Å²) in [4.78, 5) is 12.2. The summed E-state index contributed by atoms with van der Waals surface area (Å²) in [5, 5.41) is 3.43. The Morgan fingerprint density at radius 3 is 2.47 bits per heavy atom. The molecule has 2 aromatic carbocycles. The number of para-hydroxylation sites is 1. The van der Waals surface area contributed by atoms with E-state index in [1.807, 2.05) is 18.2 Å². The molecular formula is C14H11Cl2NO2. The van der Waals surface area contributed by atoms with Crippen LogP contribution in [0.25, 0.3) is 0 Å². The van der Waals surface area contributed by atoms with Crippen molar-refractivity contribution in [1.82, 2.24) is 0 Å². The van der Waals surface area contributed by atoms with Gasteiger partial charge in [-0.3, -0.25) is 4.79 Å². The van der Waals surface area contributed by atoms with Crippen molar-refractivity contribution in [3.63, 3.8) is 0 Å². The average Bonchev–Trinajstić information content (AvgIpc) is 2.39. The number of halogens is 2. The standard InChI is InChI=1S/C14H11Cl2NO2/c1-19-13-11(7-9(15)8-12(13)16)14(18)17-10-5-3-2-4-6-10/h2-8H,1H3,(H,17,18).